The van der Waals surface area contributed by atoms with Gasteiger partial charge in [0.25, 0.3) is 5.91 Å². The smallest absolute Gasteiger partial charge is 0.251 e. The molecule has 24 heavy (non-hydrogen) atoms. The zero-order valence-electron chi connectivity index (χ0n) is 12.9. The van der Waals surface area contributed by atoms with Crippen LogP contribution in [0.1, 0.15) is 28.0 Å². The van der Waals surface area contributed by atoms with Crippen LogP contribution in [0.4, 0.5) is 4.39 Å². The summed E-state index contributed by atoms with van der Waals surface area (Å²) in [5.74, 6) is -0.571. The number of amides is 1. The lowest BCUT2D eigenvalue weighted by molar-refractivity contribution is 0.0941. The Bertz CT molecular complexity index is 868. The number of pyridine rings is 1. The van der Waals surface area contributed by atoms with E-state index < -0.39 is 9.84 Å². The van der Waals surface area contributed by atoms with Crippen LogP contribution in [0.2, 0.25) is 0 Å². The quantitative estimate of drug-likeness (QED) is 0.913. The van der Waals surface area contributed by atoms with Crippen LogP contribution in [0.3, 0.4) is 0 Å². The maximum atomic E-state index is 13.7. The van der Waals surface area contributed by atoms with Crippen molar-refractivity contribution in [2.45, 2.75) is 18.9 Å². The Hall–Kier alpha value is -2.28. The van der Waals surface area contributed by atoms with E-state index >= 15 is 0 Å². The molecule has 0 bridgehead atoms. The van der Waals surface area contributed by atoms with E-state index in [2.05, 4.69) is 10.3 Å². The number of benzene rings is 1. The molecular weight excluding hydrogens is 331 g/mol. The fourth-order valence-electron chi connectivity index (χ4n) is 2.73. The fourth-order valence-corrected chi connectivity index (χ4v) is 4.40. The van der Waals surface area contributed by atoms with Crippen molar-refractivity contribution >= 4 is 15.7 Å². The third kappa shape index (κ3) is 3.97. The van der Waals surface area contributed by atoms with Gasteiger partial charge in [-0.3, -0.25) is 9.78 Å². The molecule has 1 fully saturated rings. The van der Waals surface area contributed by atoms with Gasteiger partial charge in [0.1, 0.15) is 5.82 Å². The number of hydrogen-bond acceptors (Lipinski definition) is 4. The van der Waals surface area contributed by atoms with Crippen LogP contribution in [-0.4, -0.2) is 36.9 Å². The van der Waals surface area contributed by atoms with E-state index in [1.165, 1.54) is 12.3 Å². The van der Waals surface area contributed by atoms with E-state index in [4.69, 9.17) is 0 Å². The second kappa shape index (κ2) is 6.68. The van der Waals surface area contributed by atoms with Gasteiger partial charge in [-0.1, -0.05) is 18.2 Å². The molecule has 2 aromatic rings. The maximum absolute atomic E-state index is 13.7. The number of nitrogens with one attached hydrogen (secondary N) is 1. The van der Waals surface area contributed by atoms with Crippen molar-refractivity contribution in [3.05, 3.63) is 65.2 Å². The second-order valence-electron chi connectivity index (χ2n) is 5.88. The van der Waals surface area contributed by atoms with Gasteiger partial charge in [0, 0.05) is 29.9 Å². The Balaban J connectivity index is 1.71. The molecule has 126 valence electrons. The Kier molecular flexibility index (Phi) is 4.62. The van der Waals surface area contributed by atoms with Gasteiger partial charge in [-0.15, -0.1) is 0 Å². The molecule has 1 saturated heterocycles. The number of carbonyl (C=O) groups is 1. The molecule has 0 aliphatic carbocycles. The molecule has 1 N–H and O–H groups in total. The molecule has 5 nitrogen and oxygen atoms in total. The first-order valence-corrected chi connectivity index (χ1v) is 9.45. The van der Waals surface area contributed by atoms with E-state index in [1.54, 1.807) is 30.3 Å². The molecule has 1 aliphatic heterocycles. The van der Waals surface area contributed by atoms with Crippen molar-refractivity contribution in [1.82, 2.24) is 10.3 Å². The molecule has 1 amide bonds. The van der Waals surface area contributed by atoms with Crippen LogP contribution in [0.5, 0.6) is 0 Å². The lowest BCUT2D eigenvalue weighted by Gasteiger charge is -2.11. The van der Waals surface area contributed by atoms with Gasteiger partial charge in [0.2, 0.25) is 0 Å². The first kappa shape index (κ1) is 16.6. The highest BCUT2D eigenvalue weighted by molar-refractivity contribution is 7.91. The Morgan fingerprint density at radius 2 is 2.08 bits per heavy atom. The molecule has 7 heteroatoms. The third-order valence-corrected chi connectivity index (χ3v) is 5.74. The summed E-state index contributed by atoms with van der Waals surface area (Å²) in [4.78, 5) is 16.4. The molecule has 0 unspecified atom stereocenters. The number of hydrogen-bond donors (Lipinski definition) is 1. The number of carbonyl (C=O) groups excluding carboxylic acids is 1. The Morgan fingerprint density at radius 1 is 1.29 bits per heavy atom. The van der Waals surface area contributed by atoms with Gasteiger partial charge in [0.15, 0.2) is 9.84 Å². The Morgan fingerprint density at radius 3 is 2.79 bits per heavy atom. The predicted octanol–water partition coefficient (Wildman–Crippen LogP) is 1.73. The summed E-state index contributed by atoms with van der Waals surface area (Å²) < 4.78 is 36.6. The average molecular weight is 348 g/mol. The third-order valence-electron chi connectivity index (χ3n) is 3.98. The fraction of sp³-hybridized carbons (Fsp3) is 0.294. The molecule has 0 saturated carbocycles. The molecule has 1 aromatic heterocycles. The highest BCUT2D eigenvalue weighted by atomic mass is 32.2. The lowest BCUT2D eigenvalue weighted by atomic mass is 10.1. The minimum atomic E-state index is -3.05. The van der Waals surface area contributed by atoms with E-state index in [0.717, 1.165) is 0 Å². The molecule has 1 aromatic carbocycles. The molecular formula is C17H17FN2O3S. The van der Waals surface area contributed by atoms with Crippen LogP contribution < -0.4 is 5.32 Å². The van der Waals surface area contributed by atoms with Gasteiger partial charge < -0.3 is 5.32 Å². The zero-order valence-corrected chi connectivity index (χ0v) is 13.7. The van der Waals surface area contributed by atoms with Gasteiger partial charge in [-0.25, -0.2) is 12.8 Å². The summed E-state index contributed by atoms with van der Waals surface area (Å²) in [6.07, 6.45) is 2.21. The summed E-state index contributed by atoms with van der Waals surface area (Å²) in [6.45, 7) is 0. The van der Waals surface area contributed by atoms with Crippen molar-refractivity contribution in [2.75, 3.05) is 11.5 Å². The summed E-state index contributed by atoms with van der Waals surface area (Å²) in [7, 11) is -3.05. The number of nitrogens with zero attached hydrogens (tertiary/aromatic N) is 1. The second-order valence-corrected chi connectivity index (χ2v) is 8.11. The summed E-state index contributed by atoms with van der Waals surface area (Å²) in [5, 5.41) is 2.73. The lowest BCUT2D eigenvalue weighted by Crippen LogP contribution is -2.35. The van der Waals surface area contributed by atoms with Crippen molar-refractivity contribution in [2.24, 2.45) is 0 Å². The molecule has 1 aliphatic rings. The number of aromatic nitrogens is 1. The molecule has 1 atom stereocenters. The highest BCUT2D eigenvalue weighted by Gasteiger charge is 2.29. The van der Waals surface area contributed by atoms with E-state index in [-0.39, 0.29) is 35.7 Å². The predicted molar refractivity (Wildman–Crippen MR) is 88.0 cm³/mol. The number of rotatable bonds is 4. The van der Waals surface area contributed by atoms with E-state index in [9.17, 15) is 17.6 Å². The Labute approximate surface area is 139 Å². The number of halogens is 1. The van der Waals surface area contributed by atoms with Crippen molar-refractivity contribution in [3.63, 3.8) is 0 Å². The largest absolute Gasteiger partial charge is 0.348 e. The minimum Gasteiger partial charge on any atom is -0.348 e. The van der Waals surface area contributed by atoms with Gasteiger partial charge in [-0.05, 0) is 30.2 Å². The van der Waals surface area contributed by atoms with Crippen molar-refractivity contribution in [1.29, 1.82) is 0 Å². The van der Waals surface area contributed by atoms with E-state index in [1.807, 2.05) is 0 Å². The molecule has 2 heterocycles. The van der Waals surface area contributed by atoms with Crippen molar-refractivity contribution < 1.29 is 17.6 Å². The summed E-state index contributed by atoms with van der Waals surface area (Å²) in [5.41, 5.74) is 1.47. The first-order chi connectivity index (χ1) is 11.4. The maximum Gasteiger partial charge on any atom is 0.251 e. The van der Waals surface area contributed by atoms with Gasteiger partial charge in [-0.2, -0.15) is 0 Å². The normalized spacial score (nSPS) is 19.1. The monoisotopic (exact) mass is 348 g/mol. The zero-order chi connectivity index (χ0) is 17.2. The van der Waals surface area contributed by atoms with Crippen LogP contribution in [0, 0.1) is 5.82 Å². The van der Waals surface area contributed by atoms with Crippen LogP contribution >= 0.6 is 0 Å². The molecule has 0 radical (unpaired) electrons. The molecule has 3 rings (SSSR count). The van der Waals surface area contributed by atoms with Crippen LogP contribution in [-0.2, 0) is 16.3 Å². The van der Waals surface area contributed by atoms with Gasteiger partial charge >= 0.3 is 0 Å². The van der Waals surface area contributed by atoms with Crippen LogP contribution in [0.15, 0.2) is 42.6 Å². The van der Waals surface area contributed by atoms with Gasteiger partial charge in [0.05, 0.1) is 11.5 Å². The first-order valence-electron chi connectivity index (χ1n) is 7.62. The standard InChI is InChI=1S/C17H17FN2O3S/c18-16-4-2-1-3-12(16)9-15-10-13(5-7-19-15)17(21)20-14-6-8-24(22,23)11-14/h1-5,7,10,14H,6,8-9,11H2,(H,20,21)/t14-/m0/s1. The van der Waals surface area contributed by atoms with E-state index in [0.29, 0.717) is 23.2 Å². The minimum absolute atomic E-state index is 0.0219. The SMILES string of the molecule is O=C(N[C@H]1CCS(=O)(=O)C1)c1ccnc(Cc2ccccc2F)c1. The number of sulfone groups is 1. The van der Waals surface area contributed by atoms with Crippen molar-refractivity contribution in [3.8, 4) is 0 Å². The highest BCUT2D eigenvalue weighted by Crippen LogP contribution is 2.14. The van der Waals surface area contributed by atoms with Crippen LogP contribution in [0.25, 0.3) is 0 Å². The summed E-state index contributed by atoms with van der Waals surface area (Å²) in [6, 6.07) is 9.22. The summed E-state index contributed by atoms with van der Waals surface area (Å²) >= 11 is 0. The molecule has 0 spiro atoms. The topological polar surface area (TPSA) is 76.1 Å². The average Bonchev–Trinajstić information content (AvgIpc) is 2.88.